The number of hydrogen-bond acceptors (Lipinski definition) is 8. The average molecular weight is 461 g/mol. The molecule has 3 atom stereocenters. The second-order valence-corrected chi connectivity index (χ2v) is 8.11. The van der Waals surface area contributed by atoms with Crippen LogP contribution in [0.5, 0.6) is 0 Å². The number of carbonyl (C=O) groups is 4. The van der Waals surface area contributed by atoms with Crippen molar-refractivity contribution in [1.82, 2.24) is 19.9 Å². The van der Waals surface area contributed by atoms with E-state index in [9.17, 15) is 19.2 Å². The largest absolute Gasteiger partial charge is 0.457 e. The summed E-state index contributed by atoms with van der Waals surface area (Å²) in [5.74, 6) is -2.60. The van der Waals surface area contributed by atoms with Gasteiger partial charge in [-0.1, -0.05) is 0 Å². The van der Waals surface area contributed by atoms with Gasteiger partial charge >= 0.3 is 12.1 Å². The van der Waals surface area contributed by atoms with Gasteiger partial charge in [0.25, 0.3) is 0 Å². The fourth-order valence-corrected chi connectivity index (χ4v) is 4.41. The standard InChI is InChI=1S/C21H21ClN4O6/c1-31-21(30)25-14-3-2-11-4-5-26-9-12(6-15(27)17(14)18(11)26)19(29)32-10-16(28)13-7-23-20(22)24-8-13/h4-5,7-8,12,14,17H,2-3,6,9-10H2,1H3,(H,25,30)/t12-,14-,17?/m0/s1. The van der Waals surface area contributed by atoms with Crippen molar-refractivity contribution >= 4 is 35.2 Å². The molecule has 1 amide bonds. The molecule has 0 spiro atoms. The number of methoxy groups -OCH3 is 1. The molecular formula is C21H21ClN4O6. The van der Waals surface area contributed by atoms with Gasteiger partial charge in [-0.2, -0.15) is 0 Å². The van der Waals surface area contributed by atoms with Crippen molar-refractivity contribution in [2.45, 2.75) is 37.8 Å². The van der Waals surface area contributed by atoms with Crippen molar-refractivity contribution in [3.8, 4) is 0 Å². The number of aryl methyl sites for hydroxylation is 1. The maximum atomic E-state index is 13.2. The predicted octanol–water partition coefficient (Wildman–Crippen LogP) is 1.70. The fourth-order valence-electron chi connectivity index (χ4n) is 4.31. The highest BCUT2D eigenvalue weighted by molar-refractivity contribution is 6.28. The van der Waals surface area contributed by atoms with Gasteiger partial charge < -0.3 is 19.4 Å². The summed E-state index contributed by atoms with van der Waals surface area (Å²) in [4.78, 5) is 57.4. The first-order valence-corrected chi connectivity index (χ1v) is 10.5. The number of ether oxygens (including phenoxy) is 2. The van der Waals surface area contributed by atoms with Crippen molar-refractivity contribution in [2.75, 3.05) is 13.7 Å². The van der Waals surface area contributed by atoms with Gasteiger partial charge in [0.15, 0.2) is 6.61 Å². The molecule has 1 unspecified atom stereocenters. The number of carbonyl (C=O) groups excluding carboxylic acids is 4. The van der Waals surface area contributed by atoms with Gasteiger partial charge in [-0.15, -0.1) is 0 Å². The topological polar surface area (TPSA) is 129 Å². The molecular weight excluding hydrogens is 440 g/mol. The Hall–Kier alpha value is -3.27. The number of nitrogens with zero attached hydrogens (tertiary/aromatic N) is 3. The number of nitrogens with one attached hydrogen (secondary N) is 1. The molecule has 10 nitrogen and oxygen atoms in total. The Labute approximate surface area is 188 Å². The van der Waals surface area contributed by atoms with Crippen LogP contribution in [-0.4, -0.2) is 57.9 Å². The van der Waals surface area contributed by atoms with Crippen molar-refractivity contribution in [3.63, 3.8) is 0 Å². The minimum atomic E-state index is -0.752. The van der Waals surface area contributed by atoms with Gasteiger partial charge in [-0.25, -0.2) is 14.8 Å². The summed E-state index contributed by atoms with van der Waals surface area (Å²) in [6, 6.07) is 1.51. The zero-order valence-corrected chi connectivity index (χ0v) is 18.0. The summed E-state index contributed by atoms with van der Waals surface area (Å²) in [6.07, 6.45) is 4.98. The number of amides is 1. The van der Waals surface area contributed by atoms with Crippen molar-refractivity contribution in [2.24, 2.45) is 5.92 Å². The van der Waals surface area contributed by atoms with Crippen molar-refractivity contribution in [1.29, 1.82) is 0 Å². The summed E-state index contributed by atoms with van der Waals surface area (Å²) in [6.45, 7) is -0.242. The van der Waals surface area contributed by atoms with E-state index < -0.39 is 42.3 Å². The smallest absolute Gasteiger partial charge is 0.407 e. The maximum Gasteiger partial charge on any atom is 0.407 e. The number of alkyl carbamates (subject to hydrolysis) is 1. The van der Waals surface area contributed by atoms with Crippen LogP contribution < -0.4 is 5.32 Å². The minimum Gasteiger partial charge on any atom is -0.457 e. The highest BCUT2D eigenvalue weighted by Crippen LogP contribution is 2.38. The predicted molar refractivity (Wildman–Crippen MR) is 110 cm³/mol. The molecule has 11 heteroatoms. The molecule has 1 aliphatic heterocycles. The van der Waals surface area contributed by atoms with Crippen LogP contribution in [0.25, 0.3) is 0 Å². The fraction of sp³-hybridized carbons (Fsp3) is 0.429. The first-order valence-electron chi connectivity index (χ1n) is 10.1. The van der Waals surface area contributed by atoms with E-state index in [2.05, 4.69) is 15.3 Å². The second kappa shape index (κ2) is 9.07. The third-order valence-electron chi connectivity index (χ3n) is 5.84. The van der Waals surface area contributed by atoms with Gasteiger partial charge in [-0.3, -0.25) is 14.4 Å². The van der Waals surface area contributed by atoms with Crippen LogP contribution >= 0.6 is 11.6 Å². The number of aromatic nitrogens is 3. The lowest BCUT2D eigenvalue weighted by Gasteiger charge is -2.31. The lowest BCUT2D eigenvalue weighted by Crippen LogP contribution is -2.44. The zero-order valence-electron chi connectivity index (χ0n) is 17.2. The minimum absolute atomic E-state index is 0.00400. The van der Waals surface area contributed by atoms with Crippen LogP contribution in [-0.2, 0) is 32.0 Å². The van der Waals surface area contributed by atoms with E-state index in [0.29, 0.717) is 12.8 Å². The molecule has 3 heterocycles. The lowest BCUT2D eigenvalue weighted by atomic mass is 9.79. The Balaban J connectivity index is 1.48. The van der Waals surface area contributed by atoms with Gasteiger partial charge in [0.05, 0.1) is 24.5 Å². The number of halogens is 1. The van der Waals surface area contributed by atoms with Gasteiger partial charge in [0.2, 0.25) is 11.1 Å². The van der Waals surface area contributed by atoms with Gasteiger partial charge in [0, 0.05) is 43.3 Å². The third-order valence-corrected chi connectivity index (χ3v) is 6.03. The number of rotatable bonds is 5. The van der Waals surface area contributed by atoms with E-state index in [-0.39, 0.29) is 29.6 Å². The molecule has 4 rings (SSSR count). The van der Waals surface area contributed by atoms with Crippen LogP contribution in [0.15, 0.2) is 24.7 Å². The summed E-state index contributed by atoms with van der Waals surface area (Å²) < 4.78 is 11.8. The number of hydrogen-bond donors (Lipinski definition) is 1. The molecule has 32 heavy (non-hydrogen) atoms. The molecule has 0 radical (unpaired) electrons. The van der Waals surface area contributed by atoms with Crippen LogP contribution in [0.2, 0.25) is 5.28 Å². The second-order valence-electron chi connectivity index (χ2n) is 7.78. The Kier molecular flexibility index (Phi) is 6.22. The number of Topliss-reactive ketones (excluding diaryl/α,β-unsaturated/α-hetero) is 2. The highest BCUT2D eigenvalue weighted by atomic mass is 35.5. The normalized spacial score (nSPS) is 21.8. The van der Waals surface area contributed by atoms with Crippen molar-refractivity contribution < 1.29 is 28.7 Å². The van der Waals surface area contributed by atoms with E-state index >= 15 is 0 Å². The molecule has 2 aromatic heterocycles. The molecule has 2 aliphatic rings. The first-order chi connectivity index (χ1) is 15.4. The monoisotopic (exact) mass is 460 g/mol. The maximum absolute atomic E-state index is 13.2. The average Bonchev–Trinajstić information content (AvgIpc) is 3.12. The number of ketones is 2. The van der Waals surface area contributed by atoms with E-state index in [1.165, 1.54) is 19.5 Å². The van der Waals surface area contributed by atoms with Crippen molar-refractivity contribution in [3.05, 3.63) is 46.8 Å². The van der Waals surface area contributed by atoms with E-state index in [1.54, 1.807) is 0 Å². The molecule has 0 fully saturated rings. The molecule has 0 aromatic carbocycles. The summed E-state index contributed by atoms with van der Waals surface area (Å²) in [5, 5.41) is 2.75. The molecule has 1 aliphatic carbocycles. The van der Waals surface area contributed by atoms with E-state index in [4.69, 9.17) is 21.1 Å². The SMILES string of the molecule is COC(=O)N[C@H]1CCc2ccn3c2C1C(=O)C[C@H](C(=O)OCC(=O)c1cnc(Cl)nc1)C3. The Morgan fingerprint density at radius 2 is 2.03 bits per heavy atom. The Bertz CT molecular complexity index is 1070. The quantitative estimate of drug-likeness (QED) is 0.405. The molecule has 0 saturated heterocycles. The van der Waals surface area contributed by atoms with E-state index in [1.807, 2.05) is 16.8 Å². The van der Waals surface area contributed by atoms with Crippen LogP contribution in [0.1, 0.15) is 40.4 Å². The molecule has 1 N–H and O–H groups in total. The van der Waals surface area contributed by atoms with Crippen LogP contribution in [0.4, 0.5) is 4.79 Å². The Morgan fingerprint density at radius 3 is 2.75 bits per heavy atom. The summed E-state index contributed by atoms with van der Waals surface area (Å²) in [7, 11) is 1.27. The Morgan fingerprint density at radius 1 is 1.28 bits per heavy atom. The first kappa shape index (κ1) is 21.9. The van der Waals surface area contributed by atoms with E-state index in [0.717, 1.165) is 11.3 Å². The third kappa shape index (κ3) is 4.36. The lowest BCUT2D eigenvalue weighted by molar-refractivity contribution is -0.149. The van der Waals surface area contributed by atoms with Gasteiger partial charge in [-0.05, 0) is 36.1 Å². The zero-order chi connectivity index (χ0) is 22.8. The molecule has 2 aromatic rings. The summed E-state index contributed by atoms with van der Waals surface area (Å²) >= 11 is 5.61. The highest BCUT2D eigenvalue weighted by Gasteiger charge is 2.42. The number of esters is 1. The molecule has 0 bridgehead atoms. The van der Waals surface area contributed by atoms with Gasteiger partial charge in [0.1, 0.15) is 5.78 Å². The summed E-state index contributed by atoms with van der Waals surface area (Å²) in [5.41, 5.74) is 2.00. The molecule has 168 valence electrons. The van der Waals surface area contributed by atoms with Crippen LogP contribution in [0.3, 0.4) is 0 Å². The van der Waals surface area contributed by atoms with Crippen LogP contribution in [0, 0.1) is 5.92 Å². The molecule has 0 saturated carbocycles.